The second-order valence-corrected chi connectivity index (χ2v) is 5.82. The molecule has 0 saturated heterocycles. The van der Waals surface area contributed by atoms with Gasteiger partial charge in [-0.05, 0) is 42.4 Å². The molecule has 1 unspecified atom stereocenters. The molecule has 0 spiro atoms. The van der Waals surface area contributed by atoms with E-state index >= 15 is 0 Å². The molecule has 90 valence electrons. The summed E-state index contributed by atoms with van der Waals surface area (Å²) in [6, 6.07) is 2.20. The van der Waals surface area contributed by atoms with Gasteiger partial charge in [-0.3, -0.25) is 4.79 Å². The molecule has 0 amide bonds. The van der Waals surface area contributed by atoms with Crippen LogP contribution in [0.25, 0.3) is 0 Å². The van der Waals surface area contributed by atoms with Crippen LogP contribution in [0.5, 0.6) is 0 Å². The summed E-state index contributed by atoms with van der Waals surface area (Å²) in [6.45, 7) is 2.83. The van der Waals surface area contributed by atoms with E-state index < -0.39 is 5.97 Å². The average molecular weight is 306 g/mol. The molecule has 0 aliphatic rings. The third-order valence-electron chi connectivity index (χ3n) is 2.56. The van der Waals surface area contributed by atoms with E-state index in [1.807, 2.05) is 14.0 Å². The van der Waals surface area contributed by atoms with E-state index in [-0.39, 0.29) is 12.5 Å². The van der Waals surface area contributed by atoms with E-state index in [2.05, 4.69) is 32.3 Å². The number of rotatable bonds is 6. The van der Waals surface area contributed by atoms with E-state index in [9.17, 15) is 4.79 Å². The highest BCUT2D eigenvalue weighted by molar-refractivity contribution is 9.10. The third kappa shape index (κ3) is 4.63. The lowest BCUT2D eigenvalue weighted by molar-refractivity contribution is -0.138. The average Bonchev–Trinajstić information content (AvgIpc) is 2.59. The van der Waals surface area contributed by atoms with Gasteiger partial charge in [0.05, 0.1) is 6.42 Å². The van der Waals surface area contributed by atoms with Crippen molar-refractivity contribution in [3.63, 3.8) is 0 Å². The zero-order chi connectivity index (χ0) is 12.1. The lowest BCUT2D eigenvalue weighted by Gasteiger charge is -2.22. The molecule has 0 aliphatic carbocycles. The van der Waals surface area contributed by atoms with Crippen LogP contribution in [0.15, 0.2) is 15.9 Å². The Hall–Kier alpha value is -0.390. The number of carbonyl (C=O) groups is 1. The smallest absolute Gasteiger partial charge is 0.304 e. The maximum atomic E-state index is 10.6. The van der Waals surface area contributed by atoms with Crippen LogP contribution < -0.4 is 0 Å². The topological polar surface area (TPSA) is 40.5 Å². The number of aliphatic carboxylic acids is 1. The van der Waals surface area contributed by atoms with Crippen molar-refractivity contribution in [2.75, 3.05) is 13.6 Å². The van der Waals surface area contributed by atoms with Crippen LogP contribution in [0.2, 0.25) is 0 Å². The molecule has 0 bridgehead atoms. The molecule has 1 N–H and O–H groups in total. The monoisotopic (exact) mass is 305 g/mol. The van der Waals surface area contributed by atoms with Gasteiger partial charge in [0, 0.05) is 27.3 Å². The first-order valence-electron chi connectivity index (χ1n) is 5.14. The van der Waals surface area contributed by atoms with Gasteiger partial charge in [0.25, 0.3) is 0 Å². The molecule has 0 radical (unpaired) electrons. The fourth-order valence-corrected chi connectivity index (χ4v) is 2.84. The van der Waals surface area contributed by atoms with Gasteiger partial charge in [-0.25, -0.2) is 0 Å². The summed E-state index contributed by atoms with van der Waals surface area (Å²) < 4.78 is 1.12. The van der Waals surface area contributed by atoms with E-state index in [0.717, 1.165) is 17.4 Å². The zero-order valence-electron chi connectivity index (χ0n) is 9.44. The van der Waals surface area contributed by atoms with Crippen LogP contribution in [0.3, 0.4) is 0 Å². The number of hydrogen-bond acceptors (Lipinski definition) is 3. The number of carboxylic acids is 1. The highest BCUT2D eigenvalue weighted by Gasteiger charge is 2.12. The largest absolute Gasteiger partial charge is 0.481 e. The molecule has 1 heterocycles. The quantitative estimate of drug-likeness (QED) is 0.878. The van der Waals surface area contributed by atoms with E-state index in [0.29, 0.717) is 0 Å². The number of halogens is 1. The van der Waals surface area contributed by atoms with Crippen molar-refractivity contribution in [1.29, 1.82) is 0 Å². The fraction of sp³-hybridized carbons (Fsp3) is 0.545. The van der Waals surface area contributed by atoms with Gasteiger partial charge in [-0.15, -0.1) is 11.3 Å². The van der Waals surface area contributed by atoms with Crippen LogP contribution in [-0.2, 0) is 11.2 Å². The van der Waals surface area contributed by atoms with Gasteiger partial charge in [-0.1, -0.05) is 0 Å². The molecule has 0 fully saturated rings. The molecule has 1 rings (SSSR count). The Balaban J connectivity index is 2.34. The maximum absolute atomic E-state index is 10.6. The normalized spacial score (nSPS) is 13.0. The van der Waals surface area contributed by atoms with Crippen molar-refractivity contribution >= 4 is 33.2 Å². The van der Waals surface area contributed by atoms with Gasteiger partial charge >= 0.3 is 5.97 Å². The summed E-state index contributed by atoms with van der Waals surface area (Å²) in [6.07, 6.45) is 1.17. The van der Waals surface area contributed by atoms with Crippen LogP contribution in [0.4, 0.5) is 0 Å². The third-order valence-corrected chi connectivity index (χ3v) is 4.31. The molecule has 5 heteroatoms. The maximum Gasteiger partial charge on any atom is 0.304 e. The summed E-state index contributed by atoms with van der Waals surface area (Å²) in [5, 5.41) is 10.8. The molecule has 1 atom stereocenters. The SMILES string of the molecule is CC(CC(=O)O)N(C)CCc1cc(Br)cs1. The molecule has 1 aromatic heterocycles. The Bertz CT molecular complexity index is 354. The van der Waals surface area contributed by atoms with Crippen molar-refractivity contribution in [2.24, 2.45) is 0 Å². The summed E-state index contributed by atoms with van der Waals surface area (Å²) in [7, 11) is 1.97. The lowest BCUT2D eigenvalue weighted by atomic mass is 10.2. The molecule has 16 heavy (non-hydrogen) atoms. The molecule has 3 nitrogen and oxygen atoms in total. The van der Waals surface area contributed by atoms with Crippen molar-refractivity contribution in [3.8, 4) is 0 Å². The minimum atomic E-state index is -0.738. The van der Waals surface area contributed by atoms with Crippen molar-refractivity contribution in [2.45, 2.75) is 25.8 Å². The van der Waals surface area contributed by atoms with Crippen LogP contribution in [0, 0.1) is 0 Å². The van der Waals surface area contributed by atoms with Gasteiger partial charge in [-0.2, -0.15) is 0 Å². The second kappa shape index (κ2) is 6.37. The highest BCUT2D eigenvalue weighted by atomic mass is 79.9. The van der Waals surface area contributed by atoms with Crippen molar-refractivity contribution < 1.29 is 9.90 Å². The van der Waals surface area contributed by atoms with Gasteiger partial charge in [0.1, 0.15) is 0 Å². The van der Waals surface area contributed by atoms with Crippen LogP contribution in [0.1, 0.15) is 18.2 Å². The minimum absolute atomic E-state index is 0.0842. The number of thiophene rings is 1. The Morgan fingerprint density at radius 1 is 1.69 bits per heavy atom. The number of likely N-dealkylation sites (N-methyl/N-ethyl adjacent to an activating group) is 1. The predicted molar refractivity (Wildman–Crippen MR) is 70.1 cm³/mol. The molecule has 0 saturated carbocycles. The lowest BCUT2D eigenvalue weighted by Crippen LogP contribution is -2.32. The first kappa shape index (κ1) is 13.7. The number of nitrogens with zero attached hydrogens (tertiary/aromatic N) is 1. The van der Waals surface area contributed by atoms with E-state index in [1.165, 1.54) is 4.88 Å². The van der Waals surface area contributed by atoms with E-state index in [4.69, 9.17) is 5.11 Å². The molecule has 0 aliphatic heterocycles. The second-order valence-electron chi connectivity index (χ2n) is 3.91. The number of hydrogen-bond donors (Lipinski definition) is 1. The molecule has 1 aromatic rings. The van der Waals surface area contributed by atoms with Crippen LogP contribution in [-0.4, -0.2) is 35.6 Å². The first-order valence-corrected chi connectivity index (χ1v) is 6.81. The molecular weight excluding hydrogens is 290 g/mol. The Kier molecular flexibility index (Phi) is 5.44. The summed E-state index contributed by atoms with van der Waals surface area (Å²) in [4.78, 5) is 14.0. The standard InChI is InChI=1S/C11H16BrNO2S/c1-8(5-11(14)15)13(2)4-3-10-6-9(12)7-16-10/h6-8H,3-5H2,1-2H3,(H,14,15). The molecular formula is C11H16BrNO2S. The Morgan fingerprint density at radius 3 is 2.88 bits per heavy atom. The number of carboxylic acid groups (broad SMARTS) is 1. The first-order chi connectivity index (χ1) is 7.49. The summed E-state index contributed by atoms with van der Waals surface area (Å²) in [5.74, 6) is -0.738. The molecule has 0 aromatic carbocycles. The Labute approximate surface area is 108 Å². The zero-order valence-corrected chi connectivity index (χ0v) is 11.8. The Morgan fingerprint density at radius 2 is 2.38 bits per heavy atom. The fourth-order valence-electron chi connectivity index (χ4n) is 1.40. The van der Waals surface area contributed by atoms with E-state index in [1.54, 1.807) is 11.3 Å². The van der Waals surface area contributed by atoms with Crippen molar-refractivity contribution in [1.82, 2.24) is 4.90 Å². The van der Waals surface area contributed by atoms with Crippen LogP contribution >= 0.6 is 27.3 Å². The highest BCUT2D eigenvalue weighted by Crippen LogP contribution is 2.20. The van der Waals surface area contributed by atoms with Gasteiger partial charge in [0.2, 0.25) is 0 Å². The summed E-state index contributed by atoms with van der Waals surface area (Å²) >= 11 is 5.15. The van der Waals surface area contributed by atoms with Crippen molar-refractivity contribution in [3.05, 3.63) is 20.8 Å². The van der Waals surface area contributed by atoms with Gasteiger partial charge < -0.3 is 10.0 Å². The van der Waals surface area contributed by atoms with Gasteiger partial charge in [0.15, 0.2) is 0 Å². The summed E-state index contributed by atoms with van der Waals surface area (Å²) in [5.41, 5.74) is 0. The predicted octanol–water partition coefficient (Wildman–Crippen LogP) is 2.85. The minimum Gasteiger partial charge on any atom is -0.481 e.